The van der Waals surface area contributed by atoms with Crippen LogP contribution in [-0.2, 0) is 7.05 Å². The van der Waals surface area contributed by atoms with Gasteiger partial charge in [-0.05, 0) is 36.8 Å². The van der Waals surface area contributed by atoms with Crippen LogP contribution in [0, 0.1) is 0 Å². The van der Waals surface area contributed by atoms with Gasteiger partial charge in [0.2, 0.25) is 0 Å². The molecule has 1 aromatic carbocycles. The van der Waals surface area contributed by atoms with Gasteiger partial charge >= 0.3 is 0 Å². The van der Waals surface area contributed by atoms with Gasteiger partial charge in [0.25, 0.3) is 17.4 Å². The van der Waals surface area contributed by atoms with Gasteiger partial charge in [-0.1, -0.05) is 26.2 Å². The van der Waals surface area contributed by atoms with E-state index in [-0.39, 0.29) is 11.3 Å². The number of aryl methyl sites for hydroxylation is 1. The van der Waals surface area contributed by atoms with Crippen molar-refractivity contribution in [1.82, 2.24) is 20.6 Å². The van der Waals surface area contributed by atoms with Crippen molar-refractivity contribution in [3.8, 4) is 5.75 Å². The number of unbranched alkanes of at least 4 members (excludes halogenated alkanes) is 3. The molecule has 0 aliphatic heterocycles. The minimum Gasteiger partial charge on any atom is -0.494 e. The normalized spacial score (nSPS) is 10.3. The summed E-state index contributed by atoms with van der Waals surface area (Å²) in [4.78, 5) is 35.3. The molecule has 0 aliphatic rings. The topological polar surface area (TPSA) is 102 Å². The average molecular weight is 372 g/mol. The van der Waals surface area contributed by atoms with Crippen LogP contribution in [-0.4, -0.2) is 28.2 Å². The van der Waals surface area contributed by atoms with Crippen LogP contribution in [0.3, 0.4) is 0 Å². The monoisotopic (exact) mass is 372 g/mol. The molecule has 0 bridgehead atoms. The number of aromatic nitrogens is 2. The minimum atomic E-state index is -0.619. The third-order valence-corrected chi connectivity index (χ3v) is 3.87. The van der Waals surface area contributed by atoms with Crippen LogP contribution >= 0.6 is 0 Å². The Balaban J connectivity index is 1.82. The highest BCUT2D eigenvalue weighted by molar-refractivity contribution is 5.98. The largest absolute Gasteiger partial charge is 0.494 e. The van der Waals surface area contributed by atoms with Crippen molar-refractivity contribution in [3.05, 3.63) is 58.0 Å². The molecule has 1 heterocycles. The van der Waals surface area contributed by atoms with Gasteiger partial charge in [0.15, 0.2) is 5.69 Å². The number of carbonyl (C=O) groups excluding carboxylic acids is 2. The van der Waals surface area contributed by atoms with Crippen molar-refractivity contribution in [2.45, 2.75) is 32.6 Å². The van der Waals surface area contributed by atoms with Gasteiger partial charge in [0.05, 0.1) is 6.61 Å². The van der Waals surface area contributed by atoms with Crippen LogP contribution in [0.15, 0.2) is 41.2 Å². The van der Waals surface area contributed by atoms with E-state index in [1.165, 1.54) is 32.0 Å². The molecule has 144 valence electrons. The van der Waals surface area contributed by atoms with Crippen LogP contribution in [0.4, 0.5) is 0 Å². The van der Waals surface area contributed by atoms with Crippen LogP contribution in [0.25, 0.3) is 0 Å². The highest BCUT2D eigenvalue weighted by Gasteiger charge is 2.11. The van der Waals surface area contributed by atoms with E-state index in [4.69, 9.17) is 4.74 Å². The van der Waals surface area contributed by atoms with Crippen LogP contribution in [0.5, 0.6) is 5.75 Å². The van der Waals surface area contributed by atoms with Crippen molar-refractivity contribution < 1.29 is 14.3 Å². The Morgan fingerprint density at radius 2 is 1.70 bits per heavy atom. The van der Waals surface area contributed by atoms with Crippen molar-refractivity contribution >= 4 is 11.8 Å². The molecule has 2 rings (SSSR count). The first-order valence-electron chi connectivity index (χ1n) is 8.89. The summed E-state index contributed by atoms with van der Waals surface area (Å²) < 4.78 is 6.67. The van der Waals surface area contributed by atoms with Crippen LogP contribution < -0.4 is 21.1 Å². The quantitative estimate of drug-likeness (QED) is 0.543. The van der Waals surface area contributed by atoms with E-state index in [0.717, 1.165) is 17.5 Å². The maximum atomic E-state index is 12.1. The van der Waals surface area contributed by atoms with Gasteiger partial charge in [-0.15, -0.1) is 0 Å². The Morgan fingerprint density at radius 3 is 2.37 bits per heavy atom. The Kier molecular flexibility index (Phi) is 7.54. The summed E-state index contributed by atoms with van der Waals surface area (Å²) in [6.45, 7) is 2.81. The smallest absolute Gasteiger partial charge is 0.290 e. The van der Waals surface area contributed by atoms with E-state index in [9.17, 15) is 14.4 Å². The number of hydrogen-bond acceptors (Lipinski definition) is 5. The molecule has 0 radical (unpaired) electrons. The van der Waals surface area contributed by atoms with Crippen molar-refractivity contribution in [1.29, 1.82) is 0 Å². The van der Waals surface area contributed by atoms with Crippen LogP contribution in [0.2, 0.25) is 0 Å². The number of amides is 2. The van der Waals surface area contributed by atoms with Gasteiger partial charge in [0, 0.05) is 18.7 Å². The molecule has 0 saturated carbocycles. The van der Waals surface area contributed by atoms with E-state index < -0.39 is 11.8 Å². The van der Waals surface area contributed by atoms with Gasteiger partial charge in [0.1, 0.15) is 5.75 Å². The molecule has 8 heteroatoms. The third kappa shape index (κ3) is 6.25. The highest BCUT2D eigenvalue weighted by Crippen LogP contribution is 2.13. The zero-order valence-corrected chi connectivity index (χ0v) is 15.5. The second kappa shape index (κ2) is 10.1. The van der Waals surface area contributed by atoms with Gasteiger partial charge in [-0.2, -0.15) is 5.10 Å². The summed E-state index contributed by atoms with van der Waals surface area (Å²) in [5.41, 5.74) is 4.64. The molecule has 0 aliphatic carbocycles. The summed E-state index contributed by atoms with van der Waals surface area (Å²) in [6.07, 6.45) is 4.52. The molecular formula is C19H24N4O4. The molecule has 2 N–H and O–H groups in total. The Labute approximate surface area is 157 Å². The molecule has 0 atom stereocenters. The second-order valence-electron chi connectivity index (χ2n) is 6.02. The third-order valence-electron chi connectivity index (χ3n) is 3.87. The summed E-state index contributed by atoms with van der Waals surface area (Å²) in [7, 11) is 1.44. The number of nitrogens with one attached hydrogen (secondary N) is 2. The molecule has 27 heavy (non-hydrogen) atoms. The van der Waals surface area contributed by atoms with Crippen molar-refractivity contribution in [2.75, 3.05) is 6.61 Å². The SMILES string of the molecule is CCCCCCOc1ccc(C(=O)NNC(=O)c2ccc(=O)n(C)n2)cc1. The van der Waals surface area contributed by atoms with E-state index in [1.54, 1.807) is 24.3 Å². The van der Waals surface area contributed by atoms with Gasteiger partial charge in [-0.3, -0.25) is 25.2 Å². The zero-order chi connectivity index (χ0) is 19.6. The van der Waals surface area contributed by atoms with Crippen molar-refractivity contribution in [2.24, 2.45) is 7.05 Å². The fraction of sp³-hybridized carbons (Fsp3) is 0.368. The summed E-state index contributed by atoms with van der Waals surface area (Å²) in [5.74, 6) is -0.393. The molecule has 8 nitrogen and oxygen atoms in total. The number of carbonyl (C=O) groups is 2. The fourth-order valence-corrected chi connectivity index (χ4v) is 2.29. The maximum absolute atomic E-state index is 12.1. The lowest BCUT2D eigenvalue weighted by atomic mass is 10.2. The van der Waals surface area contributed by atoms with Gasteiger partial charge in [-0.25, -0.2) is 4.68 Å². The summed E-state index contributed by atoms with van der Waals surface area (Å²) >= 11 is 0. The van der Waals surface area contributed by atoms with E-state index in [2.05, 4.69) is 22.9 Å². The lowest BCUT2D eigenvalue weighted by molar-refractivity contribution is 0.0842. The summed E-state index contributed by atoms with van der Waals surface area (Å²) in [6, 6.07) is 9.18. The van der Waals surface area contributed by atoms with Crippen molar-refractivity contribution in [3.63, 3.8) is 0 Å². The van der Waals surface area contributed by atoms with E-state index >= 15 is 0 Å². The highest BCUT2D eigenvalue weighted by atomic mass is 16.5. The minimum absolute atomic E-state index is 0.0178. The maximum Gasteiger partial charge on any atom is 0.290 e. The second-order valence-corrected chi connectivity index (χ2v) is 6.02. The Bertz CT molecular complexity index is 830. The number of hydrazine groups is 1. The lowest BCUT2D eigenvalue weighted by Crippen LogP contribution is -2.42. The zero-order valence-electron chi connectivity index (χ0n) is 15.5. The Hall–Kier alpha value is -3.16. The first-order valence-corrected chi connectivity index (χ1v) is 8.89. The molecule has 2 aromatic rings. The fourth-order valence-electron chi connectivity index (χ4n) is 2.29. The molecule has 2 amide bonds. The molecule has 0 unspecified atom stereocenters. The first kappa shape index (κ1) is 20.2. The summed E-state index contributed by atoms with van der Waals surface area (Å²) in [5, 5.41) is 3.81. The number of nitrogens with zero attached hydrogens (tertiary/aromatic N) is 2. The molecular weight excluding hydrogens is 348 g/mol. The molecule has 0 fully saturated rings. The average Bonchev–Trinajstić information content (AvgIpc) is 2.68. The predicted octanol–water partition coefficient (Wildman–Crippen LogP) is 1.81. The van der Waals surface area contributed by atoms with E-state index in [1.807, 2.05) is 0 Å². The standard InChI is InChI=1S/C19H24N4O4/c1-3-4-5-6-13-27-15-9-7-14(8-10-15)18(25)20-21-19(26)16-11-12-17(24)23(2)22-16/h7-12H,3-6,13H2,1-2H3,(H,20,25)(H,21,26). The van der Waals surface area contributed by atoms with Gasteiger partial charge < -0.3 is 4.74 Å². The van der Waals surface area contributed by atoms with Crippen LogP contribution in [0.1, 0.15) is 53.5 Å². The number of ether oxygens (including phenoxy) is 1. The Morgan fingerprint density at radius 1 is 1.00 bits per heavy atom. The molecule has 0 spiro atoms. The molecule has 1 aromatic heterocycles. The number of benzene rings is 1. The molecule has 0 saturated heterocycles. The number of hydrogen-bond donors (Lipinski definition) is 2. The number of rotatable bonds is 8. The predicted molar refractivity (Wildman–Crippen MR) is 100 cm³/mol. The van der Waals surface area contributed by atoms with E-state index in [0.29, 0.717) is 17.9 Å². The lowest BCUT2D eigenvalue weighted by Gasteiger charge is -2.09. The first-order chi connectivity index (χ1) is 13.0.